The van der Waals surface area contributed by atoms with Gasteiger partial charge in [0, 0.05) is 20.1 Å². The van der Waals surface area contributed by atoms with E-state index in [-0.39, 0.29) is 6.03 Å². The van der Waals surface area contributed by atoms with Gasteiger partial charge in [0.05, 0.1) is 0 Å². The van der Waals surface area contributed by atoms with Crippen LogP contribution in [0.2, 0.25) is 0 Å². The van der Waals surface area contributed by atoms with Crippen molar-refractivity contribution in [2.45, 2.75) is 32.6 Å². The number of carbonyl (C=O) groups is 1. The van der Waals surface area contributed by atoms with Crippen molar-refractivity contribution in [3.8, 4) is 0 Å². The molecule has 16 heavy (non-hydrogen) atoms. The van der Waals surface area contributed by atoms with Gasteiger partial charge in [0.1, 0.15) is 0 Å². The van der Waals surface area contributed by atoms with Crippen molar-refractivity contribution in [2.24, 2.45) is 17.6 Å². The van der Waals surface area contributed by atoms with Crippen LogP contribution in [-0.4, -0.2) is 37.6 Å². The molecule has 94 valence electrons. The molecule has 1 rings (SSSR count). The van der Waals surface area contributed by atoms with Crippen molar-refractivity contribution in [3.05, 3.63) is 0 Å². The second-order valence-electron chi connectivity index (χ2n) is 4.74. The summed E-state index contributed by atoms with van der Waals surface area (Å²) in [6.45, 7) is 4.26. The van der Waals surface area contributed by atoms with Crippen molar-refractivity contribution >= 4 is 6.03 Å². The van der Waals surface area contributed by atoms with Gasteiger partial charge < -0.3 is 16.0 Å². The van der Waals surface area contributed by atoms with Crippen LogP contribution in [0.15, 0.2) is 0 Å². The zero-order valence-electron chi connectivity index (χ0n) is 10.5. The van der Waals surface area contributed by atoms with Crippen molar-refractivity contribution in [1.29, 1.82) is 0 Å². The Morgan fingerprint density at radius 2 is 2.00 bits per heavy atom. The van der Waals surface area contributed by atoms with Gasteiger partial charge >= 0.3 is 6.03 Å². The normalized spacial score (nSPS) is 25.2. The largest absolute Gasteiger partial charge is 0.338 e. The first-order chi connectivity index (χ1) is 7.69. The lowest BCUT2D eigenvalue weighted by molar-refractivity contribution is 0.197. The zero-order chi connectivity index (χ0) is 12.0. The molecule has 0 aromatic carbocycles. The first-order valence-electron chi connectivity index (χ1n) is 6.38. The average Bonchev–Trinajstić information content (AvgIpc) is 2.35. The molecule has 0 aromatic heterocycles. The molecule has 1 aliphatic rings. The molecule has 4 heteroatoms. The van der Waals surface area contributed by atoms with Crippen LogP contribution >= 0.6 is 0 Å². The summed E-state index contributed by atoms with van der Waals surface area (Å²) in [5, 5.41) is 3.00. The third-order valence-electron chi connectivity index (χ3n) is 3.71. The van der Waals surface area contributed by atoms with Crippen LogP contribution in [-0.2, 0) is 0 Å². The van der Waals surface area contributed by atoms with Gasteiger partial charge in [-0.25, -0.2) is 4.79 Å². The van der Waals surface area contributed by atoms with Gasteiger partial charge in [-0.15, -0.1) is 0 Å². The minimum Gasteiger partial charge on any atom is -0.338 e. The van der Waals surface area contributed by atoms with E-state index in [4.69, 9.17) is 5.73 Å². The minimum absolute atomic E-state index is 0.0313. The van der Waals surface area contributed by atoms with Gasteiger partial charge in [0.25, 0.3) is 0 Å². The lowest BCUT2D eigenvalue weighted by Gasteiger charge is -2.31. The Balaban J connectivity index is 2.32. The SMILES string of the molecule is CCN(C)C(=O)NCC1CCCCC1CN. The van der Waals surface area contributed by atoms with Gasteiger partial charge in [0.2, 0.25) is 0 Å². The van der Waals surface area contributed by atoms with Crippen LogP contribution in [0.4, 0.5) is 4.79 Å². The maximum absolute atomic E-state index is 11.6. The number of nitrogens with two attached hydrogens (primary N) is 1. The Hall–Kier alpha value is -0.770. The number of rotatable bonds is 4. The summed E-state index contributed by atoms with van der Waals surface area (Å²) in [5.74, 6) is 1.17. The van der Waals surface area contributed by atoms with Gasteiger partial charge in [-0.3, -0.25) is 0 Å². The number of hydrogen-bond donors (Lipinski definition) is 2. The molecule has 4 nitrogen and oxygen atoms in total. The van der Waals surface area contributed by atoms with Crippen LogP contribution in [0, 0.1) is 11.8 Å². The molecule has 0 radical (unpaired) electrons. The molecular formula is C12H25N3O. The van der Waals surface area contributed by atoms with E-state index in [1.807, 2.05) is 14.0 Å². The van der Waals surface area contributed by atoms with E-state index in [2.05, 4.69) is 5.32 Å². The van der Waals surface area contributed by atoms with E-state index >= 15 is 0 Å². The van der Waals surface area contributed by atoms with E-state index < -0.39 is 0 Å². The van der Waals surface area contributed by atoms with Crippen molar-refractivity contribution in [3.63, 3.8) is 0 Å². The van der Waals surface area contributed by atoms with Crippen molar-refractivity contribution in [1.82, 2.24) is 10.2 Å². The topological polar surface area (TPSA) is 58.4 Å². The van der Waals surface area contributed by atoms with E-state index in [0.29, 0.717) is 11.8 Å². The predicted octanol–water partition coefficient (Wildman–Crippen LogP) is 1.41. The third kappa shape index (κ3) is 3.67. The van der Waals surface area contributed by atoms with E-state index in [1.165, 1.54) is 25.7 Å². The monoisotopic (exact) mass is 227 g/mol. The molecule has 0 aromatic rings. The molecule has 1 saturated carbocycles. The summed E-state index contributed by atoms with van der Waals surface area (Å²) in [5.41, 5.74) is 5.76. The second-order valence-corrected chi connectivity index (χ2v) is 4.74. The molecule has 1 fully saturated rings. The Kier molecular flexibility index (Phi) is 5.60. The molecule has 0 aliphatic heterocycles. The highest BCUT2D eigenvalue weighted by atomic mass is 16.2. The highest BCUT2D eigenvalue weighted by molar-refractivity contribution is 5.73. The standard InChI is InChI=1S/C12H25N3O/c1-3-15(2)12(16)14-9-11-7-5-4-6-10(11)8-13/h10-11H,3-9,13H2,1-2H3,(H,14,16). The first-order valence-corrected chi connectivity index (χ1v) is 6.38. The Bertz CT molecular complexity index is 220. The number of amides is 2. The molecule has 2 amide bonds. The zero-order valence-corrected chi connectivity index (χ0v) is 10.5. The molecule has 0 bridgehead atoms. The Morgan fingerprint density at radius 3 is 2.56 bits per heavy atom. The van der Waals surface area contributed by atoms with Crippen molar-refractivity contribution < 1.29 is 4.79 Å². The average molecular weight is 227 g/mol. The van der Waals surface area contributed by atoms with E-state index in [1.54, 1.807) is 4.90 Å². The van der Waals surface area contributed by atoms with Crippen LogP contribution < -0.4 is 11.1 Å². The fraction of sp³-hybridized carbons (Fsp3) is 0.917. The molecule has 3 N–H and O–H groups in total. The smallest absolute Gasteiger partial charge is 0.317 e. The molecule has 0 heterocycles. The highest BCUT2D eigenvalue weighted by Crippen LogP contribution is 2.28. The van der Waals surface area contributed by atoms with Crippen molar-refractivity contribution in [2.75, 3.05) is 26.7 Å². The molecule has 1 aliphatic carbocycles. The van der Waals surface area contributed by atoms with E-state index in [0.717, 1.165) is 19.6 Å². The molecule has 2 unspecified atom stereocenters. The number of nitrogens with one attached hydrogen (secondary N) is 1. The lowest BCUT2D eigenvalue weighted by atomic mass is 9.79. The summed E-state index contributed by atoms with van der Waals surface area (Å²) >= 11 is 0. The third-order valence-corrected chi connectivity index (χ3v) is 3.71. The van der Waals surface area contributed by atoms with E-state index in [9.17, 15) is 4.79 Å². The Morgan fingerprint density at radius 1 is 1.38 bits per heavy atom. The lowest BCUT2D eigenvalue weighted by Crippen LogP contribution is -2.42. The summed E-state index contributed by atoms with van der Waals surface area (Å²) in [6, 6.07) is 0.0313. The molecule has 2 atom stereocenters. The molecular weight excluding hydrogens is 202 g/mol. The highest BCUT2D eigenvalue weighted by Gasteiger charge is 2.24. The first kappa shape index (κ1) is 13.3. The summed E-state index contributed by atoms with van der Waals surface area (Å²) in [4.78, 5) is 13.3. The second kappa shape index (κ2) is 6.74. The predicted molar refractivity (Wildman–Crippen MR) is 66.2 cm³/mol. The fourth-order valence-corrected chi connectivity index (χ4v) is 2.36. The Labute approximate surface area is 98.6 Å². The number of carbonyl (C=O) groups excluding carboxylic acids is 1. The van der Waals surface area contributed by atoms with Crippen LogP contribution in [0.25, 0.3) is 0 Å². The maximum Gasteiger partial charge on any atom is 0.317 e. The summed E-state index contributed by atoms with van der Waals surface area (Å²) < 4.78 is 0. The number of nitrogens with zero attached hydrogens (tertiary/aromatic N) is 1. The minimum atomic E-state index is 0.0313. The van der Waals surface area contributed by atoms with Gasteiger partial charge in [0.15, 0.2) is 0 Å². The summed E-state index contributed by atoms with van der Waals surface area (Å²) in [6.07, 6.45) is 5.00. The van der Waals surface area contributed by atoms with Crippen LogP contribution in [0.5, 0.6) is 0 Å². The van der Waals surface area contributed by atoms with Gasteiger partial charge in [-0.05, 0) is 38.1 Å². The van der Waals surface area contributed by atoms with Crippen LogP contribution in [0.3, 0.4) is 0 Å². The molecule has 0 saturated heterocycles. The number of hydrogen-bond acceptors (Lipinski definition) is 2. The van der Waals surface area contributed by atoms with Gasteiger partial charge in [-0.2, -0.15) is 0 Å². The fourth-order valence-electron chi connectivity index (χ4n) is 2.36. The quantitative estimate of drug-likeness (QED) is 0.763. The molecule has 0 spiro atoms. The van der Waals surface area contributed by atoms with Gasteiger partial charge in [-0.1, -0.05) is 12.8 Å². The summed E-state index contributed by atoms with van der Waals surface area (Å²) in [7, 11) is 1.82. The number of urea groups is 1. The maximum atomic E-state index is 11.6. The van der Waals surface area contributed by atoms with Crippen LogP contribution in [0.1, 0.15) is 32.6 Å².